The summed E-state index contributed by atoms with van der Waals surface area (Å²) in [5.74, 6) is 1.82. The molecule has 11 heteroatoms. The van der Waals surface area contributed by atoms with Crippen molar-refractivity contribution in [2.75, 3.05) is 41.3 Å². The summed E-state index contributed by atoms with van der Waals surface area (Å²) in [6.45, 7) is 6.43. The molecule has 0 aromatic carbocycles. The van der Waals surface area contributed by atoms with E-state index >= 15 is 0 Å². The maximum atomic E-state index is 11.8. The van der Waals surface area contributed by atoms with E-state index in [-0.39, 0.29) is 12.3 Å². The first-order valence-electron chi connectivity index (χ1n) is 12.2. The number of nitrogens with zero attached hydrogens (tertiary/aromatic N) is 8. The first-order chi connectivity index (χ1) is 18.1. The Kier molecular flexibility index (Phi) is 5.46. The minimum absolute atomic E-state index is 0.0884. The van der Waals surface area contributed by atoms with Crippen LogP contribution in [0.5, 0.6) is 0 Å². The molecule has 3 aromatic rings. The molecule has 37 heavy (non-hydrogen) atoms. The van der Waals surface area contributed by atoms with Crippen molar-refractivity contribution in [3.63, 3.8) is 0 Å². The topological polar surface area (TPSA) is 138 Å². The Labute approximate surface area is 213 Å². The number of piperazine rings is 1. The third kappa shape index (κ3) is 4.10. The number of amides is 1. The third-order valence-corrected chi connectivity index (χ3v) is 6.83. The molecule has 3 aromatic heterocycles. The van der Waals surface area contributed by atoms with Crippen molar-refractivity contribution < 1.29 is 4.79 Å². The first-order valence-corrected chi connectivity index (χ1v) is 12.2. The molecule has 184 valence electrons. The molecule has 11 nitrogen and oxygen atoms in total. The zero-order chi connectivity index (χ0) is 25.5. The Hall–Kier alpha value is -4.90. The predicted molar refractivity (Wildman–Crippen MR) is 138 cm³/mol. The molecule has 0 radical (unpaired) electrons. The number of nitriles is 2. The molecular weight excluding hydrogens is 468 g/mol. The lowest BCUT2D eigenvalue weighted by molar-refractivity contribution is -0.118. The predicted octanol–water partition coefficient (Wildman–Crippen LogP) is 2.19. The quantitative estimate of drug-likeness (QED) is 0.549. The van der Waals surface area contributed by atoms with E-state index in [1.165, 1.54) is 0 Å². The van der Waals surface area contributed by atoms with Crippen LogP contribution < -0.4 is 20.4 Å². The minimum Gasteiger partial charge on any atom is -0.366 e. The minimum atomic E-state index is -0.0884. The maximum Gasteiger partial charge on any atom is 0.228 e. The number of hydrogen-bond donors (Lipinski definition) is 2. The van der Waals surface area contributed by atoms with Crippen LogP contribution in [0, 0.1) is 22.7 Å². The number of allylic oxidation sites excluding steroid dienone is 1. The second kappa shape index (κ2) is 8.95. The van der Waals surface area contributed by atoms with E-state index in [2.05, 4.69) is 49.2 Å². The van der Waals surface area contributed by atoms with Crippen LogP contribution in [0.1, 0.15) is 36.0 Å². The summed E-state index contributed by atoms with van der Waals surface area (Å²) in [7, 11) is 0. The molecule has 0 atom stereocenters. The van der Waals surface area contributed by atoms with Gasteiger partial charge in [-0.3, -0.25) is 4.79 Å². The molecule has 6 rings (SSSR count). The molecule has 3 aliphatic rings. The number of aromatic nitrogens is 4. The Morgan fingerprint density at radius 2 is 1.89 bits per heavy atom. The van der Waals surface area contributed by atoms with E-state index in [0.717, 1.165) is 24.0 Å². The monoisotopic (exact) mass is 492 g/mol. The summed E-state index contributed by atoms with van der Waals surface area (Å²) in [5, 5.41) is 30.4. The lowest BCUT2D eigenvalue weighted by Gasteiger charge is -2.36. The second-order valence-corrected chi connectivity index (χ2v) is 9.36. The van der Waals surface area contributed by atoms with Gasteiger partial charge in [-0.2, -0.15) is 20.1 Å². The SMILES string of the molecule is C=C1NC(=O)C/C1=C\c1cnn2c(NC3CC3)c(C#N)c(N3CCN(c4ncccc4C#N)CC3)nc12. The summed E-state index contributed by atoms with van der Waals surface area (Å²) in [5.41, 5.74) is 3.73. The van der Waals surface area contributed by atoms with Gasteiger partial charge in [-0.15, -0.1) is 0 Å². The van der Waals surface area contributed by atoms with Crippen LogP contribution in [0.4, 0.5) is 17.5 Å². The van der Waals surface area contributed by atoms with Crippen LogP contribution >= 0.6 is 0 Å². The van der Waals surface area contributed by atoms with Gasteiger partial charge in [-0.1, -0.05) is 6.58 Å². The van der Waals surface area contributed by atoms with E-state index < -0.39 is 0 Å². The van der Waals surface area contributed by atoms with Crippen molar-refractivity contribution in [1.82, 2.24) is 24.9 Å². The van der Waals surface area contributed by atoms with Crippen LogP contribution in [0.2, 0.25) is 0 Å². The van der Waals surface area contributed by atoms with E-state index in [9.17, 15) is 15.3 Å². The van der Waals surface area contributed by atoms with Crippen LogP contribution in [-0.2, 0) is 4.79 Å². The number of anilines is 3. The normalized spacial score (nSPS) is 18.7. The fourth-order valence-corrected chi connectivity index (χ4v) is 4.75. The molecule has 3 fully saturated rings. The Morgan fingerprint density at radius 1 is 1.14 bits per heavy atom. The van der Waals surface area contributed by atoms with Crippen LogP contribution in [0.15, 0.2) is 42.4 Å². The zero-order valence-corrected chi connectivity index (χ0v) is 20.1. The number of carbonyl (C=O) groups is 1. The number of rotatable bonds is 5. The highest BCUT2D eigenvalue weighted by Gasteiger charge is 2.30. The standard InChI is InChI=1S/C26H24N10O/c1-16-18(12-22(37)31-16)11-19-15-30-36-24(19)33-25(21(14-28)26(36)32-20-4-5-20)35-9-7-34(8-10-35)23-17(13-27)3-2-6-29-23/h2-3,6,11,15,20,32H,1,4-5,7-10,12H2,(H,31,37)/b18-11+. The largest absolute Gasteiger partial charge is 0.366 e. The lowest BCUT2D eigenvalue weighted by Crippen LogP contribution is -2.47. The smallest absolute Gasteiger partial charge is 0.228 e. The van der Waals surface area contributed by atoms with Crippen LogP contribution in [0.25, 0.3) is 11.7 Å². The van der Waals surface area contributed by atoms with Gasteiger partial charge >= 0.3 is 0 Å². The van der Waals surface area contributed by atoms with E-state index in [4.69, 9.17) is 4.98 Å². The molecule has 1 saturated carbocycles. The van der Waals surface area contributed by atoms with Gasteiger partial charge in [0.25, 0.3) is 0 Å². The number of nitrogens with one attached hydrogen (secondary N) is 2. The van der Waals surface area contributed by atoms with Gasteiger partial charge in [0.05, 0.1) is 18.2 Å². The average Bonchev–Trinajstić information content (AvgIpc) is 3.56. The number of fused-ring (bicyclic) bond motifs is 1. The van der Waals surface area contributed by atoms with E-state index in [1.807, 2.05) is 6.08 Å². The fourth-order valence-electron chi connectivity index (χ4n) is 4.75. The highest BCUT2D eigenvalue weighted by atomic mass is 16.1. The van der Waals surface area contributed by atoms with E-state index in [1.54, 1.807) is 29.0 Å². The van der Waals surface area contributed by atoms with Crippen LogP contribution in [0.3, 0.4) is 0 Å². The van der Waals surface area contributed by atoms with Crippen molar-refractivity contribution in [2.45, 2.75) is 25.3 Å². The van der Waals surface area contributed by atoms with Crippen molar-refractivity contribution in [3.05, 3.63) is 59.1 Å². The zero-order valence-electron chi connectivity index (χ0n) is 20.1. The third-order valence-electron chi connectivity index (χ3n) is 6.83. The van der Waals surface area contributed by atoms with Gasteiger partial charge in [-0.25, -0.2) is 9.97 Å². The summed E-state index contributed by atoms with van der Waals surface area (Å²) < 4.78 is 1.68. The maximum absolute atomic E-state index is 11.8. The van der Waals surface area contributed by atoms with Gasteiger partial charge in [0.1, 0.15) is 23.5 Å². The summed E-state index contributed by atoms with van der Waals surface area (Å²) in [4.78, 5) is 25.4. The number of pyridine rings is 1. The molecule has 0 unspecified atom stereocenters. The van der Waals surface area contributed by atoms with Gasteiger partial charge < -0.3 is 20.4 Å². The van der Waals surface area contributed by atoms with Gasteiger partial charge in [-0.05, 0) is 36.6 Å². The van der Waals surface area contributed by atoms with Crippen molar-refractivity contribution in [1.29, 1.82) is 10.5 Å². The number of hydrogen-bond acceptors (Lipinski definition) is 9. The summed E-state index contributed by atoms with van der Waals surface area (Å²) >= 11 is 0. The molecule has 1 amide bonds. The fraction of sp³-hybridized carbons (Fsp3) is 0.308. The molecule has 2 saturated heterocycles. The molecule has 0 spiro atoms. The second-order valence-electron chi connectivity index (χ2n) is 9.36. The number of carbonyl (C=O) groups excluding carboxylic acids is 1. The van der Waals surface area contributed by atoms with E-state index in [0.29, 0.717) is 72.1 Å². The average molecular weight is 493 g/mol. The molecule has 0 bridgehead atoms. The van der Waals surface area contributed by atoms with Crippen LogP contribution in [-0.4, -0.2) is 57.7 Å². The van der Waals surface area contributed by atoms with Gasteiger partial charge in [0.15, 0.2) is 17.3 Å². The Balaban J connectivity index is 1.38. The highest BCUT2D eigenvalue weighted by Crippen LogP contribution is 2.34. The molecular formula is C26H24N10O. The van der Waals surface area contributed by atoms with Crippen molar-refractivity contribution >= 4 is 35.1 Å². The molecule has 2 N–H and O–H groups in total. The molecule has 5 heterocycles. The van der Waals surface area contributed by atoms with Crippen molar-refractivity contribution in [2.24, 2.45) is 0 Å². The van der Waals surface area contributed by atoms with Gasteiger partial charge in [0.2, 0.25) is 5.91 Å². The Morgan fingerprint density at radius 3 is 2.54 bits per heavy atom. The highest BCUT2D eigenvalue weighted by molar-refractivity contribution is 5.90. The van der Waals surface area contributed by atoms with Crippen molar-refractivity contribution in [3.8, 4) is 12.1 Å². The molecule has 2 aliphatic heterocycles. The van der Waals surface area contributed by atoms with Gasteiger partial charge in [0, 0.05) is 49.7 Å². The Bertz CT molecular complexity index is 1540. The summed E-state index contributed by atoms with van der Waals surface area (Å²) in [6, 6.07) is 8.41. The lowest BCUT2D eigenvalue weighted by atomic mass is 10.1. The first kappa shape index (κ1) is 22.6. The summed E-state index contributed by atoms with van der Waals surface area (Å²) in [6.07, 6.45) is 7.62. The molecule has 1 aliphatic carbocycles.